The number of halogens is 1. The molecule has 1 aromatic carbocycles. The third-order valence-electron chi connectivity index (χ3n) is 6.30. The number of fused-ring (bicyclic) bond motifs is 2. The van der Waals surface area contributed by atoms with Crippen LogP contribution in [-0.2, 0) is 16.1 Å². The van der Waals surface area contributed by atoms with Gasteiger partial charge in [0.15, 0.2) is 0 Å². The summed E-state index contributed by atoms with van der Waals surface area (Å²) < 4.78 is 20.2. The molecule has 2 unspecified atom stereocenters. The van der Waals surface area contributed by atoms with Crippen molar-refractivity contribution in [3.63, 3.8) is 0 Å². The standard InChI is InChI=1S/C26H28FN5O2/c27-24-13-29-11-18(26(24)19(10-28)12-30-20-6-7-20)3-8-25(33)31-21-4-1-17(2-5-21)14-32-15-22-9-23(16-32)34-22/h1-5,8,10-13,20,22-23,28,30H,6-7,9,14-16H2,(H,31,33)/b8-3+,19-12+,28-10?. The average Bonchev–Trinajstić information content (AvgIpc) is 3.65. The number of amides is 1. The van der Waals surface area contributed by atoms with Crippen LogP contribution in [0.25, 0.3) is 11.6 Å². The third kappa shape index (κ3) is 5.40. The highest BCUT2D eigenvalue weighted by Crippen LogP contribution is 2.29. The van der Waals surface area contributed by atoms with Gasteiger partial charge >= 0.3 is 0 Å². The molecule has 176 valence electrons. The molecule has 4 heterocycles. The molecule has 2 aromatic rings. The van der Waals surface area contributed by atoms with Crippen molar-refractivity contribution in [3.05, 3.63) is 71.4 Å². The molecule has 1 saturated carbocycles. The van der Waals surface area contributed by atoms with Crippen LogP contribution >= 0.6 is 0 Å². The number of piperidine rings is 1. The van der Waals surface area contributed by atoms with Gasteiger partial charge in [0.05, 0.1) is 18.4 Å². The van der Waals surface area contributed by atoms with E-state index in [1.54, 1.807) is 6.20 Å². The van der Waals surface area contributed by atoms with Gasteiger partial charge in [0.1, 0.15) is 5.82 Å². The molecular formula is C26H28FN5O2. The quantitative estimate of drug-likeness (QED) is 0.392. The van der Waals surface area contributed by atoms with E-state index in [1.807, 2.05) is 24.3 Å². The normalized spacial score (nSPS) is 22.3. The number of morpholine rings is 1. The number of hydrogen-bond acceptors (Lipinski definition) is 6. The summed E-state index contributed by atoms with van der Waals surface area (Å²) in [5, 5.41) is 13.7. The minimum Gasteiger partial charge on any atom is -0.388 e. The van der Waals surface area contributed by atoms with Crippen molar-refractivity contribution in [2.24, 2.45) is 0 Å². The predicted octanol–water partition coefficient (Wildman–Crippen LogP) is 3.59. The zero-order valence-electron chi connectivity index (χ0n) is 18.8. The Morgan fingerprint density at radius 1 is 1.21 bits per heavy atom. The summed E-state index contributed by atoms with van der Waals surface area (Å²) in [5.74, 6) is -0.865. The Morgan fingerprint density at radius 3 is 2.62 bits per heavy atom. The molecule has 2 bridgehead atoms. The van der Waals surface area contributed by atoms with E-state index in [0.717, 1.165) is 44.9 Å². The molecule has 4 aliphatic rings. The molecule has 1 amide bonds. The fourth-order valence-electron chi connectivity index (χ4n) is 4.39. The van der Waals surface area contributed by atoms with E-state index in [4.69, 9.17) is 10.1 Å². The summed E-state index contributed by atoms with van der Waals surface area (Å²) in [6.07, 6.45) is 12.3. The second kappa shape index (κ2) is 9.87. The van der Waals surface area contributed by atoms with Crippen LogP contribution in [-0.4, -0.2) is 53.3 Å². The van der Waals surface area contributed by atoms with Crippen LogP contribution < -0.4 is 10.6 Å². The number of hydrogen-bond donors (Lipinski definition) is 3. The molecule has 8 heteroatoms. The van der Waals surface area contributed by atoms with Crippen molar-refractivity contribution in [2.45, 2.75) is 44.1 Å². The molecular weight excluding hydrogens is 433 g/mol. The molecule has 4 fully saturated rings. The Hall–Kier alpha value is -3.36. The highest BCUT2D eigenvalue weighted by atomic mass is 19.1. The minimum absolute atomic E-state index is 0.243. The molecule has 3 N–H and O–H groups in total. The summed E-state index contributed by atoms with van der Waals surface area (Å²) in [4.78, 5) is 18.8. The van der Waals surface area contributed by atoms with Gasteiger partial charge in [0.25, 0.3) is 0 Å². The van der Waals surface area contributed by atoms with E-state index < -0.39 is 5.82 Å². The lowest BCUT2D eigenvalue weighted by atomic mass is 9.98. The Bertz CT molecular complexity index is 1110. The first-order valence-electron chi connectivity index (χ1n) is 11.6. The van der Waals surface area contributed by atoms with Gasteiger partial charge in [-0.15, -0.1) is 0 Å². The summed E-state index contributed by atoms with van der Waals surface area (Å²) in [6.45, 7) is 2.82. The third-order valence-corrected chi connectivity index (χ3v) is 6.30. The Balaban J connectivity index is 1.21. The van der Waals surface area contributed by atoms with E-state index in [2.05, 4.69) is 20.5 Å². The molecule has 3 saturated heterocycles. The van der Waals surface area contributed by atoms with Crippen LogP contribution in [0.2, 0.25) is 0 Å². The number of pyridine rings is 1. The zero-order chi connectivity index (χ0) is 23.5. The van der Waals surface area contributed by atoms with Crippen LogP contribution in [0, 0.1) is 11.2 Å². The first-order valence-corrected chi connectivity index (χ1v) is 11.6. The summed E-state index contributed by atoms with van der Waals surface area (Å²) >= 11 is 0. The van der Waals surface area contributed by atoms with Crippen LogP contribution in [0.15, 0.2) is 48.9 Å². The van der Waals surface area contributed by atoms with Crippen molar-refractivity contribution in [2.75, 3.05) is 18.4 Å². The van der Waals surface area contributed by atoms with Gasteiger partial charge in [-0.05, 0) is 36.6 Å². The van der Waals surface area contributed by atoms with Crippen LogP contribution in [0.5, 0.6) is 0 Å². The van der Waals surface area contributed by atoms with Crippen LogP contribution in [0.3, 0.4) is 0 Å². The molecule has 3 aliphatic heterocycles. The topological polar surface area (TPSA) is 90.3 Å². The molecule has 6 rings (SSSR count). The molecule has 1 aromatic heterocycles. The number of ether oxygens (including phenoxy) is 1. The largest absolute Gasteiger partial charge is 0.388 e. The van der Waals surface area contributed by atoms with E-state index in [0.29, 0.717) is 35.1 Å². The smallest absolute Gasteiger partial charge is 0.248 e. The highest BCUT2D eigenvalue weighted by molar-refractivity contribution is 6.10. The Morgan fingerprint density at radius 2 is 1.94 bits per heavy atom. The van der Waals surface area contributed by atoms with E-state index in [9.17, 15) is 9.18 Å². The molecule has 1 aliphatic carbocycles. The van der Waals surface area contributed by atoms with Gasteiger partial charge in [-0.1, -0.05) is 12.1 Å². The van der Waals surface area contributed by atoms with Crippen molar-refractivity contribution in [3.8, 4) is 0 Å². The summed E-state index contributed by atoms with van der Waals surface area (Å²) in [6, 6.07) is 8.19. The molecule has 0 radical (unpaired) electrons. The number of carbonyl (C=O) groups excluding carboxylic acids is 1. The van der Waals surface area contributed by atoms with Crippen molar-refractivity contribution in [1.29, 1.82) is 5.41 Å². The minimum atomic E-state index is -0.539. The maximum atomic E-state index is 14.5. The predicted molar refractivity (Wildman–Crippen MR) is 130 cm³/mol. The van der Waals surface area contributed by atoms with Gasteiger partial charge in [0, 0.05) is 79.2 Å². The monoisotopic (exact) mass is 461 g/mol. The number of nitrogens with zero attached hydrogens (tertiary/aromatic N) is 2. The Kier molecular flexibility index (Phi) is 6.51. The lowest BCUT2D eigenvalue weighted by Gasteiger charge is -2.47. The number of allylic oxidation sites excluding steroid dienone is 1. The molecule has 34 heavy (non-hydrogen) atoms. The van der Waals surface area contributed by atoms with Crippen molar-refractivity contribution >= 4 is 29.5 Å². The fraction of sp³-hybridized carbons (Fsp3) is 0.346. The second-order valence-corrected chi connectivity index (χ2v) is 9.10. The van der Waals surface area contributed by atoms with Gasteiger partial charge < -0.3 is 20.8 Å². The molecule has 0 spiro atoms. The van der Waals surface area contributed by atoms with E-state index >= 15 is 0 Å². The summed E-state index contributed by atoms with van der Waals surface area (Å²) in [7, 11) is 0. The zero-order valence-corrected chi connectivity index (χ0v) is 18.8. The van der Waals surface area contributed by atoms with Gasteiger partial charge in [0.2, 0.25) is 5.91 Å². The number of carbonyl (C=O) groups is 1. The van der Waals surface area contributed by atoms with Gasteiger partial charge in [-0.3, -0.25) is 14.7 Å². The first kappa shape index (κ1) is 22.4. The molecule has 7 nitrogen and oxygen atoms in total. The number of benzene rings is 1. The number of nitrogens with one attached hydrogen (secondary N) is 3. The SMILES string of the molecule is N=C/C(=C\NC1CC1)c1c(F)cncc1/C=C/C(=O)Nc1ccc(CN2CC3CC(C2)O3)cc1. The molecule has 2 atom stereocenters. The average molecular weight is 462 g/mol. The number of rotatable bonds is 9. The highest BCUT2D eigenvalue weighted by Gasteiger charge is 2.37. The van der Waals surface area contributed by atoms with Crippen LogP contribution in [0.4, 0.5) is 10.1 Å². The van der Waals surface area contributed by atoms with Gasteiger partial charge in [-0.2, -0.15) is 0 Å². The summed E-state index contributed by atoms with van der Waals surface area (Å²) in [5.41, 5.74) is 2.96. The second-order valence-electron chi connectivity index (χ2n) is 9.10. The maximum Gasteiger partial charge on any atom is 0.248 e. The van der Waals surface area contributed by atoms with Crippen molar-refractivity contribution in [1.82, 2.24) is 15.2 Å². The van der Waals surface area contributed by atoms with Crippen LogP contribution in [0.1, 0.15) is 36.0 Å². The van der Waals surface area contributed by atoms with E-state index in [1.165, 1.54) is 30.3 Å². The van der Waals surface area contributed by atoms with Gasteiger partial charge in [-0.25, -0.2) is 4.39 Å². The fourth-order valence-corrected chi connectivity index (χ4v) is 4.39. The maximum absolute atomic E-state index is 14.5. The lowest BCUT2D eigenvalue weighted by molar-refractivity contribution is -0.182. The number of aromatic nitrogens is 1. The first-order chi connectivity index (χ1) is 16.6. The lowest BCUT2D eigenvalue weighted by Crippen LogP contribution is -2.56. The van der Waals surface area contributed by atoms with Crippen molar-refractivity contribution < 1.29 is 13.9 Å². The Labute approximate surface area is 198 Å². The van der Waals surface area contributed by atoms with E-state index in [-0.39, 0.29) is 11.5 Å². The number of anilines is 1.